The van der Waals surface area contributed by atoms with E-state index in [0.717, 1.165) is 19.1 Å². The van der Waals surface area contributed by atoms with Crippen molar-refractivity contribution in [1.82, 2.24) is 5.32 Å². The molecule has 1 saturated heterocycles. The summed E-state index contributed by atoms with van der Waals surface area (Å²) in [5, 5.41) is 2.82. The van der Waals surface area contributed by atoms with Crippen molar-refractivity contribution in [2.45, 2.75) is 18.9 Å². The topological polar surface area (TPSA) is 46.2 Å². The second-order valence-corrected chi connectivity index (χ2v) is 3.08. The fourth-order valence-corrected chi connectivity index (χ4v) is 1.95. The molecule has 2 rings (SSSR count). The number of carbonyl (C=O) groups is 2. The average molecular weight is 139 g/mol. The fraction of sp³-hybridized carbons (Fsp3) is 0.714. The van der Waals surface area contributed by atoms with Gasteiger partial charge in [0.2, 0.25) is 5.91 Å². The standard InChI is InChI=1S/C7H9NO2/c9-3-4-1-5-2-6(4)7(10)8-5/h3-6H,1-2H2,(H,8,10)/t4-,5+,6+/m1/s1. The number of hydrogen-bond donors (Lipinski definition) is 1. The number of amides is 1. The highest BCUT2D eigenvalue weighted by atomic mass is 16.2. The average Bonchev–Trinajstić information content (AvgIpc) is 2.44. The van der Waals surface area contributed by atoms with Crippen LogP contribution in [0.15, 0.2) is 0 Å². The van der Waals surface area contributed by atoms with Crippen LogP contribution in [0.25, 0.3) is 0 Å². The molecule has 0 aromatic carbocycles. The van der Waals surface area contributed by atoms with E-state index in [0.29, 0.717) is 6.04 Å². The fourth-order valence-electron chi connectivity index (χ4n) is 1.95. The lowest BCUT2D eigenvalue weighted by Crippen LogP contribution is -2.35. The Balaban J connectivity index is 2.19. The number of hydrogen-bond acceptors (Lipinski definition) is 2. The van der Waals surface area contributed by atoms with Gasteiger partial charge in [0.05, 0.1) is 0 Å². The highest BCUT2D eigenvalue weighted by Gasteiger charge is 2.45. The van der Waals surface area contributed by atoms with Crippen molar-refractivity contribution in [2.75, 3.05) is 0 Å². The van der Waals surface area contributed by atoms with Gasteiger partial charge in [-0.2, -0.15) is 0 Å². The molecule has 54 valence electrons. The minimum atomic E-state index is 0.00231. The molecule has 2 fully saturated rings. The van der Waals surface area contributed by atoms with Gasteiger partial charge in [0.15, 0.2) is 0 Å². The molecule has 0 aromatic rings. The summed E-state index contributed by atoms with van der Waals surface area (Å²) in [7, 11) is 0. The summed E-state index contributed by atoms with van der Waals surface area (Å²) in [6.07, 6.45) is 2.66. The third kappa shape index (κ3) is 0.602. The first kappa shape index (κ1) is 5.89. The van der Waals surface area contributed by atoms with Gasteiger partial charge < -0.3 is 10.1 Å². The van der Waals surface area contributed by atoms with Crippen molar-refractivity contribution in [3.8, 4) is 0 Å². The summed E-state index contributed by atoms with van der Waals surface area (Å²) in [5.41, 5.74) is 0. The zero-order valence-corrected chi connectivity index (χ0v) is 5.54. The maximum Gasteiger partial charge on any atom is 0.224 e. The first-order chi connectivity index (χ1) is 4.81. The molecule has 3 heteroatoms. The van der Waals surface area contributed by atoms with Crippen LogP contribution in [0.2, 0.25) is 0 Å². The zero-order chi connectivity index (χ0) is 7.14. The van der Waals surface area contributed by atoms with Crippen molar-refractivity contribution in [3.63, 3.8) is 0 Å². The highest BCUT2D eigenvalue weighted by Crippen LogP contribution is 2.35. The van der Waals surface area contributed by atoms with Gasteiger partial charge >= 0.3 is 0 Å². The van der Waals surface area contributed by atoms with E-state index in [1.54, 1.807) is 0 Å². The molecule has 1 aliphatic carbocycles. The molecular formula is C7H9NO2. The zero-order valence-electron chi connectivity index (χ0n) is 5.54. The smallest absolute Gasteiger partial charge is 0.224 e. The van der Waals surface area contributed by atoms with Crippen molar-refractivity contribution >= 4 is 12.2 Å². The van der Waals surface area contributed by atoms with Crippen LogP contribution in [-0.4, -0.2) is 18.2 Å². The van der Waals surface area contributed by atoms with Gasteiger partial charge in [-0.15, -0.1) is 0 Å². The van der Waals surface area contributed by atoms with E-state index >= 15 is 0 Å². The summed E-state index contributed by atoms with van der Waals surface area (Å²) >= 11 is 0. The lowest BCUT2D eigenvalue weighted by molar-refractivity contribution is -0.128. The number of fused-ring (bicyclic) bond motifs is 2. The number of carbonyl (C=O) groups excluding carboxylic acids is 2. The number of piperidine rings is 1. The molecule has 1 N–H and O–H groups in total. The van der Waals surface area contributed by atoms with E-state index in [-0.39, 0.29) is 17.7 Å². The van der Waals surface area contributed by atoms with Crippen LogP contribution in [0, 0.1) is 11.8 Å². The van der Waals surface area contributed by atoms with Gasteiger partial charge in [0.1, 0.15) is 6.29 Å². The molecule has 1 amide bonds. The summed E-state index contributed by atoms with van der Waals surface area (Å²) in [6.45, 7) is 0. The predicted molar refractivity (Wildman–Crippen MR) is 34.2 cm³/mol. The number of aldehydes is 1. The Morgan fingerprint density at radius 2 is 2.30 bits per heavy atom. The van der Waals surface area contributed by atoms with E-state index in [1.807, 2.05) is 0 Å². The Labute approximate surface area is 58.8 Å². The molecule has 3 nitrogen and oxygen atoms in total. The predicted octanol–water partition coefficient (Wildman–Crippen LogP) is -0.290. The van der Waals surface area contributed by atoms with Crippen molar-refractivity contribution in [1.29, 1.82) is 0 Å². The molecule has 1 aliphatic heterocycles. The van der Waals surface area contributed by atoms with Crippen molar-refractivity contribution < 1.29 is 9.59 Å². The van der Waals surface area contributed by atoms with Crippen LogP contribution < -0.4 is 5.32 Å². The van der Waals surface area contributed by atoms with Gasteiger partial charge in [-0.3, -0.25) is 4.79 Å². The van der Waals surface area contributed by atoms with Crippen LogP contribution in [0.3, 0.4) is 0 Å². The largest absolute Gasteiger partial charge is 0.353 e. The summed E-state index contributed by atoms with van der Waals surface area (Å²) in [5.74, 6) is 0.0922. The number of rotatable bonds is 1. The van der Waals surface area contributed by atoms with Crippen LogP contribution in [0.4, 0.5) is 0 Å². The first-order valence-corrected chi connectivity index (χ1v) is 3.57. The molecule has 3 atom stereocenters. The van der Waals surface area contributed by atoms with Crippen LogP contribution in [-0.2, 0) is 9.59 Å². The molecule has 0 radical (unpaired) electrons. The van der Waals surface area contributed by atoms with E-state index in [1.165, 1.54) is 0 Å². The first-order valence-electron chi connectivity index (χ1n) is 3.57. The Bertz CT molecular complexity index is 188. The van der Waals surface area contributed by atoms with Gasteiger partial charge in [-0.1, -0.05) is 0 Å². The van der Waals surface area contributed by atoms with E-state index in [9.17, 15) is 9.59 Å². The normalized spacial score (nSPS) is 43.6. The molecule has 0 spiro atoms. The molecule has 2 aliphatic rings. The quantitative estimate of drug-likeness (QED) is 0.507. The molecule has 2 bridgehead atoms. The molecule has 0 unspecified atom stereocenters. The third-order valence-corrected chi connectivity index (χ3v) is 2.47. The monoisotopic (exact) mass is 139 g/mol. The second-order valence-electron chi connectivity index (χ2n) is 3.08. The minimum absolute atomic E-state index is 0.00231. The van der Waals surface area contributed by atoms with Crippen molar-refractivity contribution in [2.24, 2.45) is 11.8 Å². The van der Waals surface area contributed by atoms with E-state index < -0.39 is 0 Å². The van der Waals surface area contributed by atoms with Crippen LogP contribution in [0.5, 0.6) is 0 Å². The Morgan fingerprint density at radius 1 is 1.50 bits per heavy atom. The van der Waals surface area contributed by atoms with E-state index in [2.05, 4.69) is 5.32 Å². The maximum absolute atomic E-state index is 10.9. The summed E-state index contributed by atoms with van der Waals surface area (Å²) in [6, 6.07) is 0.299. The highest BCUT2D eigenvalue weighted by molar-refractivity contribution is 5.85. The summed E-state index contributed by atoms with van der Waals surface area (Å²) in [4.78, 5) is 21.3. The van der Waals surface area contributed by atoms with Gasteiger partial charge in [0.25, 0.3) is 0 Å². The lowest BCUT2D eigenvalue weighted by Gasteiger charge is -2.15. The lowest BCUT2D eigenvalue weighted by atomic mass is 9.96. The van der Waals surface area contributed by atoms with Crippen LogP contribution >= 0.6 is 0 Å². The van der Waals surface area contributed by atoms with Gasteiger partial charge in [-0.05, 0) is 12.8 Å². The Hall–Kier alpha value is -0.860. The van der Waals surface area contributed by atoms with Gasteiger partial charge in [-0.25, -0.2) is 0 Å². The molecule has 0 aromatic heterocycles. The van der Waals surface area contributed by atoms with Gasteiger partial charge in [0, 0.05) is 17.9 Å². The second kappa shape index (κ2) is 1.81. The minimum Gasteiger partial charge on any atom is -0.353 e. The molecule has 1 saturated carbocycles. The molecule has 10 heavy (non-hydrogen) atoms. The maximum atomic E-state index is 10.9. The molecule has 1 heterocycles. The number of nitrogens with one attached hydrogen (secondary N) is 1. The molecular weight excluding hydrogens is 130 g/mol. The SMILES string of the molecule is O=C[C@H]1C[C@H]2C[C@@H]1C(=O)N2. The Morgan fingerprint density at radius 3 is 2.70 bits per heavy atom. The van der Waals surface area contributed by atoms with Crippen LogP contribution in [0.1, 0.15) is 12.8 Å². The third-order valence-electron chi connectivity index (χ3n) is 2.47. The Kier molecular flexibility index (Phi) is 1.07. The van der Waals surface area contributed by atoms with E-state index in [4.69, 9.17) is 0 Å². The van der Waals surface area contributed by atoms with Crippen molar-refractivity contribution in [3.05, 3.63) is 0 Å². The summed E-state index contributed by atoms with van der Waals surface area (Å²) < 4.78 is 0.